The van der Waals surface area contributed by atoms with E-state index < -0.39 is 18.1 Å². The van der Waals surface area contributed by atoms with Gasteiger partial charge in [0.1, 0.15) is 12.4 Å². The van der Waals surface area contributed by atoms with E-state index in [1.54, 1.807) is 6.92 Å². The van der Waals surface area contributed by atoms with E-state index in [2.05, 4.69) is 5.32 Å². The fourth-order valence-electron chi connectivity index (χ4n) is 1.41. The second-order valence-corrected chi connectivity index (χ2v) is 4.41. The van der Waals surface area contributed by atoms with Gasteiger partial charge in [0.15, 0.2) is 0 Å². The molecule has 0 saturated carbocycles. The van der Waals surface area contributed by atoms with Crippen molar-refractivity contribution in [1.29, 1.82) is 0 Å². The molecule has 1 rings (SSSR count). The van der Waals surface area contributed by atoms with Crippen LogP contribution in [0, 0.1) is 5.92 Å². The lowest BCUT2D eigenvalue weighted by molar-refractivity contribution is -0.123. The normalized spacial score (nSPS) is 13.4. The Bertz CT molecular complexity index is 419. The molecule has 0 aliphatic rings. The summed E-state index contributed by atoms with van der Waals surface area (Å²) in [6.45, 7) is 3.19. The molecular weight excluding hydrogens is 246 g/mol. The predicted octanol–water partition coefficient (Wildman–Crippen LogP) is 1.50. The fraction of sp³-hybridized carbons (Fsp3) is 0.429. The number of rotatable bonds is 6. The SMILES string of the molecule is CC(=O)[C@@H](C)[C@H](O)CNC(=O)OCc1ccccc1. The van der Waals surface area contributed by atoms with Gasteiger partial charge in [-0.3, -0.25) is 4.79 Å². The van der Waals surface area contributed by atoms with E-state index in [9.17, 15) is 14.7 Å². The average Bonchev–Trinajstić information content (AvgIpc) is 2.42. The summed E-state index contributed by atoms with van der Waals surface area (Å²) < 4.78 is 4.97. The van der Waals surface area contributed by atoms with Crippen LogP contribution < -0.4 is 5.32 Å². The van der Waals surface area contributed by atoms with Crippen LogP contribution in [0.1, 0.15) is 19.4 Å². The zero-order valence-electron chi connectivity index (χ0n) is 11.1. The maximum Gasteiger partial charge on any atom is 0.407 e. The second-order valence-electron chi connectivity index (χ2n) is 4.41. The zero-order chi connectivity index (χ0) is 14.3. The van der Waals surface area contributed by atoms with E-state index in [-0.39, 0.29) is 18.9 Å². The number of benzene rings is 1. The summed E-state index contributed by atoms with van der Waals surface area (Å²) in [5.41, 5.74) is 0.885. The molecule has 0 bridgehead atoms. The van der Waals surface area contributed by atoms with Crippen molar-refractivity contribution in [1.82, 2.24) is 5.32 Å². The van der Waals surface area contributed by atoms with E-state index in [1.165, 1.54) is 6.92 Å². The van der Waals surface area contributed by atoms with Crippen molar-refractivity contribution >= 4 is 11.9 Å². The maximum absolute atomic E-state index is 11.4. The number of aliphatic hydroxyl groups is 1. The van der Waals surface area contributed by atoms with Crippen molar-refractivity contribution in [2.24, 2.45) is 5.92 Å². The van der Waals surface area contributed by atoms with Crippen molar-refractivity contribution in [3.05, 3.63) is 35.9 Å². The molecule has 0 aromatic heterocycles. The Kier molecular flexibility index (Phi) is 6.02. The molecule has 0 unspecified atom stereocenters. The molecule has 104 valence electrons. The Morgan fingerprint density at radius 1 is 1.32 bits per heavy atom. The van der Waals surface area contributed by atoms with Crippen LogP contribution in [0.3, 0.4) is 0 Å². The van der Waals surface area contributed by atoms with Crippen LogP contribution in [-0.2, 0) is 16.1 Å². The summed E-state index contributed by atoms with van der Waals surface area (Å²) in [4.78, 5) is 22.4. The Morgan fingerprint density at radius 2 is 1.95 bits per heavy atom. The number of carbonyl (C=O) groups excluding carboxylic acids is 2. The van der Waals surface area contributed by atoms with Crippen molar-refractivity contribution in [2.75, 3.05) is 6.54 Å². The van der Waals surface area contributed by atoms with Gasteiger partial charge in [-0.25, -0.2) is 4.79 Å². The maximum atomic E-state index is 11.4. The van der Waals surface area contributed by atoms with E-state index in [1.807, 2.05) is 30.3 Å². The Balaban J connectivity index is 2.27. The Hall–Kier alpha value is -1.88. The summed E-state index contributed by atoms with van der Waals surface area (Å²) in [5.74, 6) is -0.624. The van der Waals surface area contributed by atoms with E-state index >= 15 is 0 Å². The molecule has 1 amide bonds. The molecule has 0 radical (unpaired) electrons. The van der Waals surface area contributed by atoms with Gasteiger partial charge in [0.25, 0.3) is 0 Å². The number of ketones is 1. The number of hydrogen-bond acceptors (Lipinski definition) is 4. The Morgan fingerprint density at radius 3 is 2.53 bits per heavy atom. The third-order valence-corrected chi connectivity index (χ3v) is 2.89. The first-order valence-corrected chi connectivity index (χ1v) is 6.13. The summed E-state index contributed by atoms with van der Waals surface area (Å²) in [7, 11) is 0. The molecule has 0 saturated heterocycles. The number of amides is 1. The molecule has 5 heteroatoms. The second kappa shape index (κ2) is 7.53. The first-order valence-electron chi connectivity index (χ1n) is 6.13. The van der Waals surface area contributed by atoms with Crippen LogP contribution in [-0.4, -0.2) is 29.6 Å². The van der Waals surface area contributed by atoms with Gasteiger partial charge in [-0.2, -0.15) is 0 Å². The molecule has 5 nitrogen and oxygen atoms in total. The van der Waals surface area contributed by atoms with Crippen LogP contribution >= 0.6 is 0 Å². The van der Waals surface area contributed by atoms with Crippen LogP contribution in [0.4, 0.5) is 4.79 Å². The first kappa shape index (κ1) is 15.2. The minimum absolute atomic E-state index is 0.00559. The Labute approximate surface area is 112 Å². The topological polar surface area (TPSA) is 75.6 Å². The minimum atomic E-state index is -0.901. The van der Waals surface area contributed by atoms with Gasteiger partial charge < -0.3 is 15.2 Å². The van der Waals surface area contributed by atoms with Gasteiger partial charge >= 0.3 is 6.09 Å². The van der Waals surface area contributed by atoms with Gasteiger partial charge in [-0.15, -0.1) is 0 Å². The zero-order valence-corrected chi connectivity index (χ0v) is 11.1. The average molecular weight is 265 g/mol. The molecule has 0 heterocycles. The van der Waals surface area contributed by atoms with Crippen molar-refractivity contribution < 1.29 is 19.4 Å². The standard InChI is InChI=1S/C14H19NO4/c1-10(11(2)16)13(17)8-15-14(18)19-9-12-6-4-3-5-7-12/h3-7,10,13,17H,8-9H2,1-2H3,(H,15,18)/t10-,13-/m1/s1. The number of Topliss-reactive ketones (excluding diaryl/α,β-unsaturated/α-hetero) is 1. The van der Waals surface area contributed by atoms with Crippen molar-refractivity contribution in [2.45, 2.75) is 26.6 Å². The predicted molar refractivity (Wildman–Crippen MR) is 70.5 cm³/mol. The highest BCUT2D eigenvalue weighted by atomic mass is 16.5. The third-order valence-electron chi connectivity index (χ3n) is 2.89. The van der Waals surface area contributed by atoms with Crippen LogP contribution in [0.15, 0.2) is 30.3 Å². The van der Waals surface area contributed by atoms with Crippen molar-refractivity contribution in [3.8, 4) is 0 Å². The molecule has 1 aromatic rings. The van der Waals surface area contributed by atoms with Gasteiger partial charge in [0.2, 0.25) is 0 Å². The van der Waals surface area contributed by atoms with Gasteiger partial charge in [0.05, 0.1) is 6.10 Å². The lowest BCUT2D eigenvalue weighted by Gasteiger charge is -2.16. The first-order chi connectivity index (χ1) is 9.00. The molecule has 1 aromatic carbocycles. The smallest absolute Gasteiger partial charge is 0.407 e. The lowest BCUT2D eigenvalue weighted by Crippen LogP contribution is -2.37. The van der Waals surface area contributed by atoms with Crippen LogP contribution in [0.2, 0.25) is 0 Å². The van der Waals surface area contributed by atoms with E-state index in [4.69, 9.17) is 4.74 Å². The summed E-state index contributed by atoms with van der Waals surface area (Å²) in [6.07, 6.45) is -1.51. The van der Waals surface area contributed by atoms with Gasteiger partial charge in [-0.1, -0.05) is 37.3 Å². The molecule has 19 heavy (non-hydrogen) atoms. The van der Waals surface area contributed by atoms with E-state index in [0.29, 0.717) is 0 Å². The summed E-state index contributed by atoms with van der Waals surface area (Å²) in [5, 5.41) is 12.1. The third kappa shape index (κ3) is 5.52. The fourth-order valence-corrected chi connectivity index (χ4v) is 1.41. The molecule has 0 aliphatic carbocycles. The molecule has 2 atom stereocenters. The number of alkyl carbamates (subject to hydrolysis) is 1. The number of aliphatic hydroxyl groups excluding tert-OH is 1. The van der Waals surface area contributed by atoms with E-state index in [0.717, 1.165) is 5.56 Å². The minimum Gasteiger partial charge on any atom is -0.445 e. The number of ether oxygens (including phenoxy) is 1. The number of hydrogen-bond donors (Lipinski definition) is 2. The molecule has 2 N–H and O–H groups in total. The number of nitrogens with one attached hydrogen (secondary N) is 1. The van der Waals surface area contributed by atoms with Crippen LogP contribution in [0.5, 0.6) is 0 Å². The molecule has 0 spiro atoms. The van der Waals surface area contributed by atoms with Gasteiger partial charge in [-0.05, 0) is 12.5 Å². The van der Waals surface area contributed by atoms with Crippen LogP contribution in [0.25, 0.3) is 0 Å². The summed E-state index contributed by atoms with van der Waals surface area (Å²) >= 11 is 0. The number of carbonyl (C=O) groups is 2. The highest BCUT2D eigenvalue weighted by Crippen LogP contribution is 2.04. The lowest BCUT2D eigenvalue weighted by atomic mass is 10.0. The molecule has 0 aliphatic heterocycles. The largest absolute Gasteiger partial charge is 0.445 e. The van der Waals surface area contributed by atoms with Crippen molar-refractivity contribution in [3.63, 3.8) is 0 Å². The summed E-state index contributed by atoms with van der Waals surface area (Å²) in [6, 6.07) is 9.28. The van der Waals surface area contributed by atoms with Gasteiger partial charge in [0, 0.05) is 12.5 Å². The molecular formula is C14H19NO4. The molecule has 0 fully saturated rings. The highest BCUT2D eigenvalue weighted by molar-refractivity contribution is 5.78. The quantitative estimate of drug-likeness (QED) is 0.817. The monoisotopic (exact) mass is 265 g/mol. The highest BCUT2D eigenvalue weighted by Gasteiger charge is 2.19.